The molecule has 1 rings (SSSR count). The Labute approximate surface area is 87.6 Å². The van der Waals surface area contributed by atoms with Crippen LogP contribution in [0.1, 0.15) is 25.3 Å². The summed E-state index contributed by atoms with van der Waals surface area (Å²) in [7, 11) is 0. The molecule has 82 valence electrons. The highest BCUT2D eigenvalue weighted by atomic mass is 19.1. The lowest BCUT2D eigenvalue weighted by Gasteiger charge is -2.01. The first kappa shape index (κ1) is 11.6. The summed E-state index contributed by atoms with van der Waals surface area (Å²) in [6.07, 6.45) is 3.44. The van der Waals surface area contributed by atoms with Gasteiger partial charge in [0.25, 0.3) is 0 Å². The van der Waals surface area contributed by atoms with E-state index in [1.807, 2.05) is 6.92 Å². The van der Waals surface area contributed by atoms with E-state index in [1.54, 1.807) is 6.21 Å². The van der Waals surface area contributed by atoms with Crippen molar-refractivity contribution in [1.82, 2.24) is 0 Å². The smallest absolute Gasteiger partial charge is 0.145 e. The van der Waals surface area contributed by atoms with Crippen molar-refractivity contribution in [2.75, 3.05) is 0 Å². The third-order valence-corrected chi connectivity index (χ3v) is 1.80. The van der Waals surface area contributed by atoms with E-state index in [4.69, 9.17) is 4.84 Å². The Hall–Kier alpha value is -1.45. The first-order valence-corrected chi connectivity index (χ1v) is 4.81. The van der Waals surface area contributed by atoms with Crippen molar-refractivity contribution in [3.63, 3.8) is 0 Å². The van der Waals surface area contributed by atoms with Crippen LogP contribution in [0.4, 0.5) is 8.78 Å². The van der Waals surface area contributed by atoms with E-state index in [2.05, 4.69) is 5.16 Å². The Kier molecular flexibility index (Phi) is 4.74. The molecule has 0 spiro atoms. The van der Waals surface area contributed by atoms with Gasteiger partial charge in [0.05, 0.1) is 0 Å². The van der Waals surface area contributed by atoms with Gasteiger partial charge in [0, 0.05) is 17.8 Å². The standard InChI is InChI=1S/C11H13F2NO/c1-2-3-6-14-15-8-9-4-5-10(12)7-11(9)13/h4-7H,2-3,8H2,1H3. The highest BCUT2D eigenvalue weighted by Gasteiger charge is 2.03. The van der Waals surface area contributed by atoms with Gasteiger partial charge in [-0.05, 0) is 18.6 Å². The molecule has 0 radical (unpaired) electrons. The molecule has 0 aromatic heterocycles. The zero-order valence-corrected chi connectivity index (χ0v) is 8.54. The third-order valence-electron chi connectivity index (χ3n) is 1.80. The monoisotopic (exact) mass is 213 g/mol. The lowest BCUT2D eigenvalue weighted by Crippen LogP contribution is -1.93. The number of hydrogen-bond acceptors (Lipinski definition) is 2. The number of hydrogen-bond donors (Lipinski definition) is 0. The highest BCUT2D eigenvalue weighted by Crippen LogP contribution is 2.10. The maximum Gasteiger partial charge on any atom is 0.145 e. The van der Waals surface area contributed by atoms with Crippen molar-refractivity contribution in [3.8, 4) is 0 Å². The van der Waals surface area contributed by atoms with Crippen LogP contribution in [0, 0.1) is 11.6 Å². The molecule has 0 N–H and O–H groups in total. The van der Waals surface area contributed by atoms with Crippen LogP contribution in [0.25, 0.3) is 0 Å². The van der Waals surface area contributed by atoms with Gasteiger partial charge >= 0.3 is 0 Å². The second-order valence-electron chi connectivity index (χ2n) is 3.09. The number of rotatable bonds is 5. The van der Waals surface area contributed by atoms with Crippen LogP contribution in [-0.2, 0) is 11.4 Å². The van der Waals surface area contributed by atoms with E-state index in [1.165, 1.54) is 12.1 Å². The van der Waals surface area contributed by atoms with Crippen molar-refractivity contribution in [3.05, 3.63) is 35.4 Å². The summed E-state index contributed by atoms with van der Waals surface area (Å²) < 4.78 is 25.6. The number of halogens is 2. The minimum Gasteiger partial charge on any atom is -0.391 e. The Balaban J connectivity index is 2.44. The SMILES string of the molecule is CCCC=NOCc1ccc(F)cc1F. The van der Waals surface area contributed by atoms with E-state index < -0.39 is 11.6 Å². The van der Waals surface area contributed by atoms with Gasteiger partial charge in [0.1, 0.15) is 18.2 Å². The lowest BCUT2D eigenvalue weighted by atomic mass is 10.2. The normalized spacial score (nSPS) is 10.9. The van der Waals surface area contributed by atoms with E-state index in [0.717, 1.165) is 18.9 Å². The molecule has 0 saturated carbocycles. The third kappa shape index (κ3) is 4.06. The first-order chi connectivity index (χ1) is 7.24. The van der Waals surface area contributed by atoms with Gasteiger partial charge in [-0.25, -0.2) is 8.78 Å². The molecule has 1 aromatic rings. The molecule has 2 nitrogen and oxygen atoms in total. The molecule has 0 amide bonds. The van der Waals surface area contributed by atoms with Crippen molar-refractivity contribution in [2.45, 2.75) is 26.4 Å². The molecular formula is C11H13F2NO. The molecule has 1 aromatic carbocycles. The predicted molar refractivity (Wildman–Crippen MR) is 54.5 cm³/mol. The zero-order chi connectivity index (χ0) is 11.1. The fraction of sp³-hybridized carbons (Fsp3) is 0.364. The first-order valence-electron chi connectivity index (χ1n) is 4.81. The van der Waals surface area contributed by atoms with Gasteiger partial charge in [-0.2, -0.15) is 0 Å². The molecule has 0 aliphatic rings. The zero-order valence-electron chi connectivity index (χ0n) is 8.54. The minimum atomic E-state index is -0.610. The number of nitrogens with zero attached hydrogens (tertiary/aromatic N) is 1. The Morgan fingerprint density at radius 2 is 2.20 bits per heavy atom. The highest BCUT2D eigenvalue weighted by molar-refractivity contribution is 5.55. The predicted octanol–water partition coefficient (Wildman–Crippen LogP) is 3.27. The summed E-state index contributed by atoms with van der Waals surface area (Å²) >= 11 is 0. The van der Waals surface area contributed by atoms with Gasteiger partial charge in [-0.3, -0.25) is 0 Å². The van der Waals surface area contributed by atoms with Crippen LogP contribution in [0.15, 0.2) is 23.4 Å². The van der Waals surface area contributed by atoms with Crippen LogP contribution < -0.4 is 0 Å². The molecule has 0 atom stereocenters. The van der Waals surface area contributed by atoms with Gasteiger partial charge < -0.3 is 4.84 Å². The Morgan fingerprint density at radius 1 is 1.40 bits per heavy atom. The van der Waals surface area contributed by atoms with Gasteiger partial charge in [0.2, 0.25) is 0 Å². The maximum atomic E-state index is 13.1. The fourth-order valence-electron chi connectivity index (χ4n) is 0.980. The molecule has 0 fully saturated rings. The van der Waals surface area contributed by atoms with Gasteiger partial charge in [-0.15, -0.1) is 0 Å². The molecule has 0 aliphatic carbocycles. The minimum absolute atomic E-state index is 0.0202. The van der Waals surface area contributed by atoms with Crippen LogP contribution in [0.5, 0.6) is 0 Å². The van der Waals surface area contributed by atoms with Crippen molar-refractivity contribution < 1.29 is 13.6 Å². The van der Waals surface area contributed by atoms with E-state index in [0.29, 0.717) is 5.56 Å². The summed E-state index contributed by atoms with van der Waals surface area (Å²) in [6.45, 7) is 2.04. The second-order valence-corrected chi connectivity index (χ2v) is 3.09. The van der Waals surface area contributed by atoms with Crippen molar-refractivity contribution >= 4 is 6.21 Å². The summed E-state index contributed by atoms with van der Waals surface area (Å²) in [4.78, 5) is 4.85. The van der Waals surface area contributed by atoms with Crippen LogP contribution in [0.2, 0.25) is 0 Å². The average Bonchev–Trinajstić information content (AvgIpc) is 2.20. The summed E-state index contributed by atoms with van der Waals surface area (Å²) in [5.74, 6) is -1.20. The number of oxime groups is 1. The van der Waals surface area contributed by atoms with Crippen molar-refractivity contribution in [2.24, 2.45) is 5.16 Å². The lowest BCUT2D eigenvalue weighted by molar-refractivity contribution is 0.128. The second kappa shape index (κ2) is 6.11. The average molecular weight is 213 g/mol. The van der Waals surface area contributed by atoms with Gasteiger partial charge in [-0.1, -0.05) is 18.5 Å². The largest absolute Gasteiger partial charge is 0.391 e. The summed E-state index contributed by atoms with van der Waals surface area (Å²) in [5.41, 5.74) is 0.296. The molecule has 0 aliphatic heterocycles. The van der Waals surface area contributed by atoms with E-state index in [-0.39, 0.29) is 6.61 Å². The molecule has 15 heavy (non-hydrogen) atoms. The summed E-state index contributed by atoms with van der Waals surface area (Å²) in [6, 6.07) is 3.37. The van der Waals surface area contributed by atoms with Gasteiger partial charge in [0.15, 0.2) is 0 Å². The van der Waals surface area contributed by atoms with E-state index in [9.17, 15) is 8.78 Å². The number of unbranched alkanes of at least 4 members (excludes halogenated alkanes) is 1. The van der Waals surface area contributed by atoms with Crippen LogP contribution in [0.3, 0.4) is 0 Å². The van der Waals surface area contributed by atoms with Crippen molar-refractivity contribution in [1.29, 1.82) is 0 Å². The summed E-state index contributed by atoms with van der Waals surface area (Å²) in [5, 5.41) is 3.63. The quantitative estimate of drug-likeness (QED) is 0.543. The molecule has 0 unspecified atom stereocenters. The Morgan fingerprint density at radius 3 is 2.87 bits per heavy atom. The topological polar surface area (TPSA) is 21.6 Å². The van der Waals surface area contributed by atoms with Crippen LogP contribution >= 0.6 is 0 Å². The molecular weight excluding hydrogens is 200 g/mol. The van der Waals surface area contributed by atoms with Crippen LogP contribution in [-0.4, -0.2) is 6.21 Å². The molecule has 0 bridgehead atoms. The molecule has 0 heterocycles. The van der Waals surface area contributed by atoms with E-state index >= 15 is 0 Å². The number of benzene rings is 1. The Bertz CT molecular complexity index is 339. The fourth-order valence-corrected chi connectivity index (χ4v) is 0.980. The molecule has 0 saturated heterocycles. The maximum absolute atomic E-state index is 13.1. The molecule has 4 heteroatoms.